The summed E-state index contributed by atoms with van der Waals surface area (Å²) < 4.78 is 39.8. The fourth-order valence-corrected chi connectivity index (χ4v) is 1.87. The molecule has 0 aliphatic heterocycles. The molecule has 0 amide bonds. The number of hydrogen-bond acceptors (Lipinski definition) is 3. The van der Waals surface area contributed by atoms with Gasteiger partial charge in [0.2, 0.25) is 0 Å². The Bertz CT molecular complexity index is 429. The van der Waals surface area contributed by atoms with Gasteiger partial charge >= 0.3 is 6.61 Å². The van der Waals surface area contributed by atoms with Gasteiger partial charge < -0.3 is 10.1 Å². The maximum Gasteiger partial charge on any atom is 0.387 e. The van der Waals surface area contributed by atoms with Crippen LogP contribution in [-0.2, 0) is 10.8 Å². The van der Waals surface area contributed by atoms with Crippen molar-refractivity contribution in [3.8, 4) is 5.75 Å². The Morgan fingerprint density at radius 1 is 1.37 bits per heavy atom. The lowest BCUT2D eigenvalue weighted by Crippen LogP contribution is -2.29. The highest BCUT2D eigenvalue weighted by molar-refractivity contribution is 7.84. The average Bonchev–Trinajstić information content (AvgIpc) is 2.34. The molecule has 0 aliphatic rings. The smallest absolute Gasteiger partial charge is 0.387 e. The Morgan fingerprint density at radius 3 is 2.63 bits per heavy atom. The second-order valence-electron chi connectivity index (χ2n) is 4.39. The lowest BCUT2D eigenvalue weighted by atomic mass is 10.1. The van der Waals surface area contributed by atoms with E-state index in [0.717, 1.165) is 5.56 Å². The number of alkyl halides is 2. The van der Waals surface area contributed by atoms with Crippen LogP contribution in [0, 0.1) is 0 Å². The van der Waals surface area contributed by atoms with Gasteiger partial charge in [-0.3, -0.25) is 4.21 Å². The summed E-state index contributed by atoms with van der Waals surface area (Å²) in [6.07, 6.45) is 1.66. The van der Waals surface area contributed by atoms with Crippen molar-refractivity contribution >= 4 is 10.8 Å². The molecule has 19 heavy (non-hydrogen) atoms. The summed E-state index contributed by atoms with van der Waals surface area (Å²) in [6, 6.07) is 6.56. The molecule has 1 rings (SSSR count). The molecule has 1 aromatic rings. The first-order valence-electron chi connectivity index (χ1n) is 6.00. The predicted octanol–water partition coefficient (Wildman–Crippen LogP) is 2.71. The van der Waals surface area contributed by atoms with Crippen molar-refractivity contribution in [3.63, 3.8) is 0 Å². The summed E-state index contributed by atoms with van der Waals surface area (Å²) >= 11 is 0. The van der Waals surface area contributed by atoms with Gasteiger partial charge in [0.25, 0.3) is 0 Å². The second kappa shape index (κ2) is 7.55. The zero-order valence-corrected chi connectivity index (χ0v) is 12.0. The Morgan fingerprint density at radius 2 is 2.05 bits per heavy atom. The fourth-order valence-electron chi connectivity index (χ4n) is 1.54. The summed E-state index contributed by atoms with van der Waals surface area (Å²) in [5.41, 5.74) is 0.854. The standard InChI is InChI=1S/C13H19F2NO2S/c1-9(19(3)17)8-16-10(2)11-5-4-6-12(7-11)18-13(14)15/h4-7,9-10,13,16H,8H2,1-3H3. The van der Waals surface area contributed by atoms with Crippen LogP contribution in [0.2, 0.25) is 0 Å². The van der Waals surface area contributed by atoms with Gasteiger partial charge in [-0.2, -0.15) is 8.78 Å². The fraction of sp³-hybridized carbons (Fsp3) is 0.538. The van der Waals surface area contributed by atoms with Gasteiger partial charge in [0.1, 0.15) is 5.75 Å². The summed E-state index contributed by atoms with van der Waals surface area (Å²) in [5.74, 6) is 0.147. The summed E-state index contributed by atoms with van der Waals surface area (Å²) in [7, 11) is -0.882. The van der Waals surface area contributed by atoms with Crippen LogP contribution in [0.1, 0.15) is 25.5 Å². The van der Waals surface area contributed by atoms with Crippen LogP contribution in [0.5, 0.6) is 5.75 Å². The molecule has 0 spiro atoms. The molecule has 0 saturated heterocycles. The topological polar surface area (TPSA) is 38.3 Å². The number of halogens is 2. The molecule has 6 heteroatoms. The number of nitrogens with one attached hydrogen (secondary N) is 1. The highest BCUT2D eigenvalue weighted by Gasteiger charge is 2.11. The van der Waals surface area contributed by atoms with Crippen LogP contribution in [-0.4, -0.2) is 28.9 Å². The van der Waals surface area contributed by atoms with Crippen molar-refractivity contribution in [2.75, 3.05) is 12.8 Å². The molecule has 3 unspecified atom stereocenters. The van der Waals surface area contributed by atoms with Crippen LogP contribution >= 0.6 is 0 Å². The first kappa shape index (κ1) is 16.0. The van der Waals surface area contributed by atoms with Gasteiger partial charge in [0, 0.05) is 34.9 Å². The maximum atomic E-state index is 12.1. The molecule has 0 fully saturated rings. The van der Waals surface area contributed by atoms with E-state index in [1.807, 2.05) is 19.9 Å². The zero-order valence-electron chi connectivity index (χ0n) is 11.2. The van der Waals surface area contributed by atoms with Gasteiger partial charge in [0.15, 0.2) is 0 Å². The molecule has 0 saturated carbocycles. The number of hydrogen-bond donors (Lipinski definition) is 1. The van der Waals surface area contributed by atoms with Gasteiger partial charge in [-0.25, -0.2) is 0 Å². The van der Waals surface area contributed by atoms with Crippen LogP contribution in [0.3, 0.4) is 0 Å². The first-order valence-corrected chi connectivity index (χ1v) is 7.62. The largest absolute Gasteiger partial charge is 0.435 e. The first-order chi connectivity index (χ1) is 8.90. The Kier molecular flexibility index (Phi) is 6.37. The quantitative estimate of drug-likeness (QED) is 0.839. The van der Waals surface area contributed by atoms with Crippen molar-refractivity contribution < 1.29 is 17.7 Å². The third kappa shape index (κ3) is 5.65. The van der Waals surface area contributed by atoms with E-state index in [0.29, 0.717) is 6.54 Å². The minimum Gasteiger partial charge on any atom is -0.435 e. The third-order valence-electron chi connectivity index (χ3n) is 2.86. The Balaban J connectivity index is 2.61. The SMILES string of the molecule is CC(NCC(C)S(C)=O)c1cccc(OC(F)F)c1. The lowest BCUT2D eigenvalue weighted by Gasteiger charge is -2.17. The third-order valence-corrected chi connectivity index (χ3v) is 4.16. The molecule has 3 nitrogen and oxygen atoms in total. The monoisotopic (exact) mass is 291 g/mol. The molecule has 0 aromatic heterocycles. The molecule has 1 N–H and O–H groups in total. The van der Waals surface area contributed by atoms with Crippen LogP contribution in [0.25, 0.3) is 0 Å². The molecular formula is C13H19F2NO2S. The van der Waals surface area contributed by atoms with E-state index < -0.39 is 17.4 Å². The van der Waals surface area contributed by atoms with Crippen molar-refractivity contribution in [3.05, 3.63) is 29.8 Å². The average molecular weight is 291 g/mol. The van der Waals surface area contributed by atoms with Gasteiger partial charge in [0.05, 0.1) is 0 Å². The maximum absolute atomic E-state index is 12.1. The number of ether oxygens (including phenoxy) is 1. The van der Waals surface area contributed by atoms with Crippen molar-refractivity contribution in [2.45, 2.75) is 31.8 Å². The molecule has 0 aliphatic carbocycles. The number of rotatable bonds is 7. The van der Waals surface area contributed by atoms with E-state index in [9.17, 15) is 13.0 Å². The minimum absolute atomic E-state index is 0.0211. The minimum atomic E-state index is -2.82. The second-order valence-corrected chi connectivity index (χ2v) is 6.19. The summed E-state index contributed by atoms with van der Waals surface area (Å²) in [4.78, 5) is 0. The van der Waals surface area contributed by atoms with E-state index in [2.05, 4.69) is 10.1 Å². The van der Waals surface area contributed by atoms with Crippen LogP contribution in [0.15, 0.2) is 24.3 Å². The molecule has 108 valence electrons. The van der Waals surface area contributed by atoms with Crippen molar-refractivity contribution in [1.29, 1.82) is 0 Å². The summed E-state index contributed by atoms with van der Waals surface area (Å²) in [5, 5.41) is 3.27. The van der Waals surface area contributed by atoms with Gasteiger partial charge in [-0.05, 0) is 31.5 Å². The molecule has 3 atom stereocenters. The van der Waals surface area contributed by atoms with Crippen LogP contribution < -0.4 is 10.1 Å². The van der Waals surface area contributed by atoms with E-state index in [1.165, 1.54) is 6.07 Å². The lowest BCUT2D eigenvalue weighted by molar-refractivity contribution is -0.0499. The zero-order chi connectivity index (χ0) is 14.4. The van der Waals surface area contributed by atoms with Crippen molar-refractivity contribution in [2.24, 2.45) is 0 Å². The predicted molar refractivity (Wildman–Crippen MR) is 73.0 cm³/mol. The number of benzene rings is 1. The van der Waals surface area contributed by atoms with E-state index in [1.54, 1.807) is 18.4 Å². The molecule has 0 heterocycles. The Hall–Kier alpha value is -1.01. The van der Waals surface area contributed by atoms with E-state index >= 15 is 0 Å². The highest BCUT2D eigenvalue weighted by atomic mass is 32.2. The Labute approximate surface area is 114 Å². The van der Waals surface area contributed by atoms with Crippen LogP contribution in [0.4, 0.5) is 8.78 Å². The van der Waals surface area contributed by atoms with Gasteiger partial charge in [-0.15, -0.1) is 0 Å². The highest BCUT2D eigenvalue weighted by Crippen LogP contribution is 2.20. The molecule has 0 radical (unpaired) electrons. The van der Waals surface area contributed by atoms with E-state index in [-0.39, 0.29) is 17.0 Å². The van der Waals surface area contributed by atoms with Gasteiger partial charge in [-0.1, -0.05) is 12.1 Å². The van der Waals surface area contributed by atoms with E-state index in [4.69, 9.17) is 0 Å². The normalized spacial score (nSPS) is 16.1. The summed E-state index contributed by atoms with van der Waals surface area (Å²) in [6.45, 7) is 1.60. The molecular weight excluding hydrogens is 272 g/mol. The molecule has 1 aromatic carbocycles. The molecule has 0 bridgehead atoms. The van der Waals surface area contributed by atoms with Crippen molar-refractivity contribution in [1.82, 2.24) is 5.32 Å².